The third-order valence-corrected chi connectivity index (χ3v) is 7.92. The van der Waals surface area contributed by atoms with Gasteiger partial charge in [-0.2, -0.15) is 34.0 Å². The van der Waals surface area contributed by atoms with Crippen molar-refractivity contribution in [2.24, 2.45) is 5.92 Å². The molecule has 5 N–H and O–H groups in total. The van der Waals surface area contributed by atoms with Crippen molar-refractivity contribution < 1.29 is 22.3 Å². The lowest BCUT2D eigenvalue weighted by atomic mass is 10.0. The Morgan fingerprint density at radius 3 is 2.47 bits per heavy atom. The lowest BCUT2D eigenvalue weighted by Gasteiger charge is -2.41. The number of halogens is 3. The Morgan fingerprint density at radius 2 is 1.88 bits per heavy atom. The minimum Gasteiger partial charge on any atom is -0.382 e. The van der Waals surface area contributed by atoms with Gasteiger partial charge in [0.2, 0.25) is 0 Å². The number of nitrogens with two attached hydrogens (primary N) is 1. The second-order valence-corrected chi connectivity index (χ2v) is 11.4. The molecule has 4 rings (SSSR count). The van der Waals surface area contributed by atoms with Gasteiger partial charge >= 0.3 is 6.18 Å². The van der Waals surface area contributed by atoms with Gasteiger partial charge in [0.15, 0.2) is 5.82 Å². The van der Waals surface area contributed by atoms with E-state index in [-0.39, 0.29) is 64.8 Å². The van der Waals surface area contributed by atoms with Gasteiger partial charge in [0.1, 0.15) is 17.7 Å². The number of aromatic nitrogens is 5. The zero-order chi connectivity index (χ0) is 25.0. The predicted molar refractivity (Wildman–Crippen MR) is 126 cm³/mol. The molecular weight excluding hydrogens is 475 g/mol. The molecule has 34 heavy (non-hydrogen) atoms. The van der Waals surface area contributed by atoms with Crippen molar-refractivity contribution in [1.82, 2.24) is 24.5 Å². The molecule has 14 heteroatoms. The fourth-order valence-corrected chi connectivity index (χ4v) is 5.24. The molecule has 1 fully saturated rings. The zero-order valence-corrected chi connectivity index (χ0v) is 19.8. The van der Waals surface area contributed by atoms with E-state index in [1.807, 2.05) is 20.8 Å². The molecule has 10 nitrogen and oxygen atoms in total. The first-order valence-corrected chi connectivity index (χ1v) is 12.7. The number of fused-ring (bicyclic) bond motifs is 1. The van der Waals surface area contributed by atoms with Gasteiger partial charge in [-0.3, -0.25) is 19.0 Å². The molecule has 0 aliphatic carbocycles. The molecule has 3 aromatic heterocycles. The maximum absolute atomic E-state index is 13.4. The van der Waals surface area contributed by atoms with Crippen molar-refractivity contribution in [2.45, 2.75) is 39.5 Å². The van der Waals surface area contributed by atoms with E-state index in [0.29, 0.717) is 11.1 Å². The first kappa shape index (κ1) is 24.4. The van der Waals surface area contributed by atoms with E-state index in [1.54, 1.807) is 11.1 Å². The fraction of sp³-hybridized carbons (Fsp3) is 0.550. The molecule has 1 atom stereocenters. The summed E-state index contributed by atoms with van der Waals surface area (Å²) < 4.78 is 62.3. The fourth-order valence-electron chi connectivity index (χ4n) is 4.01. The van der Waals surface area contributed by atoms with Crippen molar-refractivity contribution in [1.29, 1.82) is 0 Å². The van der Waals surface area contributed by atoms with E-state index >= 15 is 0 Å². The minimum atomic E-state index is -4.52. The SMILES string of the molecule is CC(C)[C@H](C)n1cc(-c2cc(N3CCS(O)(O)CC3)n(CC(F)(F)F)n2)c2[nH]nc(N)c2c1=O. The number of hydrogen-bond donors (Lipinski definition) is 4. The summed E-state index contributed by atoms with van der Waals surface area (Å²) in [5, 5.41) is 11.1. The Hall–Kier alpha value is -2.71. The summed E-state index contributed by atoms with van der Waals surface area (Å²) in [5.41, 5.74) is 6.51. The Bertz CT molecular complexity index is 1250. The number of rotatable bonds is 5. The molecular formula is C20H28F3N7O3S. The Morgan fingerprint density at radius 1 is 1.24 bits per heavy atom. The summed E-state index contributed by atoms with van der Waals surface area (Å²) in [5.74, 6) is 0.442. The molecule has 0 saturated carbocycles. The number of nitrogens with zero attached hydrogens (tertiary/aromatic N) is 5. The number of alkyl halides is 3. The van der Waals surface area contributed by atoms with Crippen LogP contribution in [-0.4, -0.2) is 64.4 Å². The summed E-state index contributed by atoms with van der Waals surface area (Å²) >= 11 is 0. The van der Waals surface area contributed by atoms with Gasteiger partial charge in [0.05, 0.1) is 22.7 Å². The van der Waals surface area contributed by atoms with Crippen LogP contribution in [0.5, 0.6) is 0 Å². The molecule has 0 bridgehead atoms. The van der Waals surface area contributed by atoms with E-state index in [2.05, 4.69) is 15.3 Å². The number of pyridine rings is 1. The Labute approximate surface area is 194 Å². The zero-order valence-electron chi connectivity index (χ0n) is 19.0. The van der Waals surface area contributed by atoms with Crippen molar-refractivity contribution >= 4 is 33.1 Å². The molecule has 0 amide bonds. The highest BCUT2D eigenvalue weighted by molar-refractivity contribution is 8.24. The van der Waals surface area contributed by atoms with Crippen LogP contribution in [0, 0.1) is 5.92 Å². The molecule has 3 aromatic rings. The van der Waals surface area contributed by atoms with Gasteiger partial charge in [-0.05, 0) is 12.8 Å². The summed E-state index contributed by atoms with van der Waals surface area (Å²) in [7, 11) is -2.73. The molecule has 1 saturated heterocycles. The van der Waals surface area contributed by atoms with Crippen LogP contribution in [0.1, 0.15) is 26.8 Å². The standard InChI is InChI=1S/C20H28F3N7O3S/c1-11(2)12(3)29-9-13(17-16(19(29)31)18(24)26-25-17)14-8-15(30(27-14)10-20(21,22)23)28-4-6-34(32,33)7-5-28/h8-9,11-12,32-33H,4-7,10H2,1-3H3,(H3,24,25,26)/t12-/m0/s1. The second kappa shape index (κ2) is 8.50. The molecule has 0 unspecified atom stereocenters. The molecule has 0 radical (unpaired) electrons. The summed E-state index contributed by atoms with van der Waals surface area (Å²) in [6.07, 6.45) is -2.95. The van der Waals surface area contributed by atoms with E-state index < -0.39 is 23.3 Å². The van der Waals surface area contributed by atoms with Crippen molar-refractivity contribution in [3.05, 3.63) is 22.6 Å². The van der Waals surface area contributed by atoms with Gasteiger partial charge < -0.3 is 15.2 Å². The van der Waals surface area contributed by atoms with E-state index in [0.717, 1.165) is 4.68 Å². The molecule has 0 aromatic carbocycles. The lowest BCUT2D eigenvalue weighted by Crippen LogP contribution is -2.40. The van der Waals surface area contributed by atoms with Crippen LogP contribution in [0.3, 0.4) is 0 Å². The second-order valence-electron chi connectivity index (χ2n) is 8.96. The number of H-pyrrole nitrogens is 1. The van der Waals surface area contributed by atoms with Crippen molar-refractivity contribution in [3.63, 3.8) is 0 Å². The highest BCUT2D eigenvalue weighted by Crippen LogP contribution is 2.42. The quantitative estimate of drug-likeness (QED) is 0.418. The number of hydrogen-bond acceptors (Lipinski definition) is 7. The first-order chi connectivity index (χ1) is 15.8. The van der Waals surface area contributed by atoms with Crippen LogP contribution in [-0.2, 0) is 6.54 Å². The number of aromatic amines is 1. The highest BCUT2D eigenvalue weighted by atomic mass is 32.3. The molecule has 1 aliphatic heterocycles. The highest BCUT2D eigenvalue weighted by Gasteiger charge is 2.33. The maximum Gasteiger partial charge on any atom is 0.408 e. The van der Waals surface area contributed by atoms with Crippen LogP contribution in [0.4, 0.5) is 24.8 Å². The van der Waals surface area contributed by atoms with Gasteiger partial charge in [0, 0.05) is 37.0 Å². The predicted octanol–water partition coefficient (Wildman–Crippen LogP) is 3.52. The summed E-state index contributed by atoms with van der Waals surface area (Å²) in [4.78, 5) is 14.8. The van der Waals surface area contributed by atoms with Gasteiger partial charge in [0.25, 0.3) is 5.56 Å². The third kappa shape index (κ3) is 4.61. The van der Waals surface area contributed by atoms with E-state index in [9.17, 15) is 27.1 Å². The number of nitrogen functional groups attached to an aromatic ring is 1. The van der Waals surface area contributed by atoms with Gasteiger partial charge in [-0.15, -0.1) is 0 Å². The van der Waals surface area contributed by atoms with Crippen molar-refractivity contribution in [3.8, 4) is 11.3 Å². The van der Waals surface area contributed by atoms with Gasteiger partial charge in [-0.25, -0.2) is 4.68 Å². The number of nitrogens with one attached hydrogen (secondary N) is 1. The first-order valence-electron chi connectivity index (χ1n) is 10.8. The normalized spacial score (nSPS) is 18.6. The topological polar surface area (TPSA) is 138 Å². The van der Waals surface area contributed by atoms with Gasteiger partial charge in [-0.1, -0.05) is 13.8 Å². The van der Waals surface area contributed by atoms with Crippen molar-refractivity contribution in [2.75, 3.05) is 35.2 Å². The molecule has 0 spiro atoms. The van der Waals surface area contributed by atoms with Crippen LogP contribution in [0.15, 0.2) is 17.1 Å². The Kier molecular flexibility index (Phi) is 6.10. The Balaban J connectivity index is 1.88. The van der Waals surface area contributed by atoms with Crippen LogP contribution >= 0.6 is 10.6 Å². The largest absolute Gasteiger partial charge is 0.408 e. The van der Waals surface area contributed by atoms with E-state index in [4.69, 9.17) is 5.73 Å². The maximum atomic E-state index is 13.4. The van der Waals surface area contributed by atoms with E-state index in [1.165, 1.54) is 10.6 Å². The molecule has 1 aliphatic rings. The lowest BCUT2D eigenvalue weighted by molar-refractivity contribution is -0.142. The average molecular weight is 504 g/mol. The summed E-state index contributed by atoms with van der Waals surface area (Å²) in [6.45, 7) is 4.83. The van der Waals surface area contributed by atoms with Crippen LogP contribution in [0.2, 0.25) is 0 Å². The smallest absolute Gasteiger partial charge is 0.382 e. The molecule has 4 heterocycles. The minimum absolute atomic E-state index is 0.00254. The van der Waals surface area contributed by atoms with Crippen LogP contribution in [0.25, 0.3) is 22.2 Å². The average Bonchev–Trinajstić information content (AvgIpc) is 3.31. The third-order valence-electron chi connectivity index (χ3n) is 6.25. The van der Waals surface area contributed by atoms with Crippen LogP contribution < -0.4 is 16.2 Å². The molecule has 188 valence electrons. The monoisotopic (exact) mass is 503 g/mol. The number of anilines is 2. The summed E-state index contributed by atoms with van der Waals surface area (Å²) in [6, 6.07) is 1.30.